The molecule has 1 N–H and O–H groups in total. The molecule has 0 aromatic rings. The lowest BCUT2D eigenvalue weighted by Gasteiger charge is -2.26. The molecule has 0 aromatic heterocycles. The summed E-state index contributed by atoms with van der Waals surface area (Å²) in [6, 6.07) is 0. The summed E-state index contributed by atoms with van der Waals surface area (Å²) in [5, 5.41) is 2.55. The van der Waals surface area contributed by atoms with E-state index >= 15 is 0 Å². The predicted molar refractivity (Wildman–Crippen MR) is 51.4 cm³/mol. The van der Waals surface area contributed by atoms with Gasteiger partial charge >= 0.3 is 0 Å². The van der Waals surface area contributed by atoms with Crippen molar-refractivity contribution in [3.8, 4) is 0 Å². The average molecular weight is 185 g/mol. The van der Waals surface area contributed by atoms with Gasteiger partial charge in [0.2, 0.25) is 5.91 Å². The Balaban J connectivity index is 2.17. The van der Waals surface area contributed by atoms with Crippen molar-refractivity contribution in [3.05, 3.63) is 0 Å². The fraction of sp³-hybridized carbons (Fsp3) is 0.900. The van der Waals surface area contributed by atoms with Crippen LogP contribution >= 0.6 is 0 Å². The predicted octanol–water partition coefficient (Wildman–Crippen LogP) is 1.33. The van der Waals surface area contributed by atoms with Gasteiger partial charge in [0.05, 0.1) is 6.10 Å². The third-order valence-electron chi connectivity index (χ3n) is 2.62. The largest absolute Gasteiger partial charge is 0.368 e. The van der Waals surface area contributed by atoms with Crippen LogP contribution in [0.4, 0.5) is 0 Å². The van der Waals surface area contributed by atoms with E-state index in [1.165, 1.54) is 12.8 Å². The van der Waals surface area contributed by atoms with E-state index in [2.05, 4.69) is 12.2 Å². The zero-order chi connectivity index (χ0) is 9.68. The molecule has 13 heavy (non-hydrogen) atoms. The van der Waals surface area contributed by atoms with E-state index in [4.69, 9.17) is 4.74 Å². The first kappa shape index (κ1) is 10.5. The standard InChI is InChI=1S/C10H19NO2/c1-8-4-3-5-9(6-8)13-7-10(12)11-2/h8-9H,3-7H2,1-2H3,(H,11,12). The Morgan fingerprint density at radius 3 is 2.92 bits per heavy atom. The van der Waals surface area contributed by atoms with Crippen LogP contribution in [-0.4, -0.2) is 25.7 Å². The number of nitrogens with one attached hydrogen (secondary N) is 1. The molecule has 0 aromatic carbocycles. The molecule has 2 atom stereocenters. The Kier molecular flexibility index (Phi) is 4.22. The molecule has 0 bridgehead atoms. The van der Waals surface area contributed by atoms with Crippen LogP contribution in [0, 0.1) is 5.92 Å². The molecule has 0 saturated heterocycles. The Labute approximate surface area is 79.8 Å². The van der Waals surface area contributed by atoms with Crippen LogP contribution in [0.25, 0.3) is 0 Å². The molecular formula is C10H19NO2. The van der Waals surface area contributed by atoms with Crippen molar-refractivity contribution in [1.82, 2.24) is 5.32 Å². The molecule has 1 amide bonds. The van der Waals surface area contributed by atoms with Crippen LogP contribution in [0.3, 0.4) is 0 Å². The third-order valence-corrected chi connectivity index (χ3v) is 2.62. The number of amides is 1. The van der Waals surface area contributed by atoms with E-state index in [1.54, 1.807) is 7.05 Å². The topological polar surface area (TPSA) is 38.3 Å². The number of hydrogen-bond acceptors (Lipinski definition) is 2. The van der Waals surface area contributed by atoms with Gasteiger partial charge in [-0.25, -0.2) is 0 Å². The highest BCUT2D eigenvalue weighted by atomic mass is 16.5. The minimum atomic E-state index is -0.0294. The first-order valence-corrected chi connectivity index (χ1v) is 5.04. The van der Waals surface area contributed by atoms with Gasteiger partial charge in [0, 0.05) is 7.05 Å². The Morgan fingerprint density at radius 1 is 1.54 bits per heavy atom. The minimum absolute atomic E-state index is 0.0294. The summed E-state index contributed by atoms with van der Waals surface area (Å²) in [6.07, 6.45) is 5.07. The van der Waals surface area contributed by atoms with Crippen molar-refractivity contribution in [1.29, 1.82) is 0 Å². The third kappa shape index (κ3) is 3.77. The van der Waals surface area contributed by atoms with E-state index in [-0.39, 0.29) is 12.5 Å². The van der Waals surface area contributed by atoms with Crippen LogP contribution in [0.15, 0.2) is 0 Å². The molecule has 1 aliphatic rings. The normalized spacial score (nSPS) is 28.5. The molecule has 3 nitrogen and oxygen atoms in total. The summed E-state index contributed by atoms with van der Waals surface area (Å²) in [7, 11) is 1.63. The smallest absolute Gasteiger partial charge is 0.245 e. The quantitative estimate of drug-likeness (QED) is 0.720. The number of likely N-dealkylation sites (N-methyl/N-ethyl adjacent to an activating group) is 1. The fourth-order valence-electron chi connectivity index (χ4n) is 1.80. The van der Waals surface area contributed by atoms with Crippen LogP contribution < -0.4 is 5.32 Å². The number of hydrogen-bond donors (Lipinski definition) is 1. The van der Waals surface area contributed by atoms with E-state index in [0.29, 0.717) is 6.10 Å². The minimum Gasteiger partial charge on any atom is -0.368 e. The zero-order valence-electron chi connectivity index (χ0n) is 8.51. The van der Waals surface area contributed by atoms with Crippen molar-refractivity contribution in [2.45, 2.75) is 38.7 Å². The summed E-state index contributed by atoms with van der Waals surface area (Å²) in [6.45, 7) is 2.46. The Bertz CT molecular complexity index is 170. The van der Waals surface area contributed by atoms with Gasteiger partial charge in [-0.3, -0.25) is 4.79 Å². The van der Waals surface area contributed by atoms with E-state index in [0.717, 1.165) is 18.8 Å². The SMILES string of the molecule is CNC(=O)COC1CCCC(C)C1. The molecule has 1 fully saturated rings. The van der Waals surface area contributed by atoms with Gasteiger partial charge in [-0.05, 0) is 18.8 Å². The molecule has 2 unspecified atom stereocenters. The molecule has 0 spiro atoms. The van der Waals surface area contributed by atoms with Gasteiger partial charge in [0.1, 0.15) is 6.61 Å². The molecular weight excluding hydrogens is 166 g/mol. The Morgan fingerprint density at radius 2 is 2.31 bits per heavy atom. The summed E-state index contributed by atoms with van der Waals surface area (Å²) in [5.41, 5.74) is 0. The lowest BCUT2D eigenvalue weighted by atomic mass is 9.89. The van der Waals surface area contributed by atoms with Gasteiger partial charge in [0.15, 0.2) is 0 Å². The molecule has 1 saturated carbocycles. The summed E-state index contributed by atoms with van der Waals surface area (Å²) in [4.78, 5) is 10.9. The molecule has 76 valence electrons. The van der Waals surface area contributed by atoms with Crippen LogP contribution in [0.5, 0.6) is 0 Å². The molecule has 0 aliphatic heterocycles. The van der Waals surface area contributed by atoms with Crippen LogP contribution in [0.1, 0.15) is 32.6 Å². The van der Waals surface area contributed by atoms with Gasteiger partial charge in [0.25, 0.3) is 0 Å². The van der Waals surface area contributed by atoms with Crippen molar-refractivity contribution < 1.29 is 9.53 Å². The molecule has 1 aliphatic carbocycles. The highest BCUT2D eigenvalue weighted by Crippen LogP contribution is 2.25. The van der Waals surface area contributed by atoms with Gasteiger partial charge in [-0.2, -0.15) is 0 Å². The van der Waals surface area contributed by atoms with E-state index < -0.39 is 0 Å². The Hall–Kier alpha value is -0.570. The van der Waals surface area contributed by atoms with Crippen molar-refractivity contribution >= 4 is 5.91 Å². The number of ether oxygens (including phenoxy) is 1. The van der Waals surface area contributed by atoms with Crippen LogP contribution in [0.2, 0.25) is 0 Å². The first-order chi connectivity index (χ1) is 6.22. The van der Waals surface area contributed by atoms with Gasteiger partial charge in [-0.1, -0.05) is 19.8 Å². The maximum atomic E-state index is 10.9. The maximum absolute atomic E-state index is 10.9. The fourth-order valence-corrected chi connectivity index (χ4v) is 1.80. The first-order valence-electron chi connectivity index (χ1n) is 5.04. The van der Waals surface area contributed by atoms with Crippen molar-refractivity contribution in [2.75, 3.05) is 13.7 Å². The second kappa shape index (κ2) is 5.22. The van der Waals surface area contributed by atoms with E-state index in [9.17, 15) is 4.79 Å². The van der Waals surface area contributed by atoms with Crippen molar-refractivity contribution in [3.63, 3.8) is 0 Å². The highest BCUT2D eigenvalue weighted by Gasteiger charge is 2.19. The number of carbonyl (C=O) groups excluding carboxylic acids is 1. The maximum Gasteiger partial charge on any atom is 0.245 e. The molecule has 3 heteroatoms. The number of carbonyl (C=O) groups is 1. The monoisotopic (exact) mass is 185 g/mol. The lowest BCUT2D eigenvalue weighted by molar-refractivity contribution is -0.128. The zero-order valence-corrected chi connectivity index (χ0v) is 8.51. The van der Waals surface area contributed by atoms with Crippen LogP contribution in [-0.2, 0) is 9.53 Å². The summed E-state index contributed by atoms with van der Waals surface area (Å²) < 4.78 is 5.49. The molecule has 0 heterocycles. The van der Waals surface area contributed by atoms with Crippen molar-refractivity contribution in [2.24, 2.45) is 5.92 Å². The second-order valence-corrected chi connectivity index (χ2v) is 3.88. The lowest BCUT2D eigenvalue weighted by Crippen LogP contribution is -2.29. The van der Waals surface area contributed by atoms with Gasteiger partial charge in [-0.15, -0.1) is 0 Å². The summed E-state index contributed by atoms with van der Waals surface area (Å²) >= 11 is 0. The molecule has 1 rings (SSSR count). The van der Waals surface area contributed by atoms with Gasteiger partial charge < -0.3 is 10.1 Å². The molecule has 0 radical (unpaired) electrons. The average Bonchev–Trinajstić information content (AvgIpc) is 2.14. The summed E-state index contributed by atoms with van der Waals surface area (Å²) in [5.74, 6) is 0.724. The number of rotatable bonds is 3. The van der Waals surface area contributed by atoms with E-state index in [1.807, 2.05) is 0 Å². The second-order valence-electron chi connectivity index (χ2n) is 3.88. The highest BCUT2D eigenvalue weighted by molar-refractivity contribution is 5.76.